The number of hydrogen-bond acceptors (Lipinski definition) is 3. The largest absolute Gasteiger partial charge is 0.398 e. The van der Waals surface area contributed by atoms with Gasteiger partial charge in [0, 0.05) is 17.8 Å². The van der Waals surface area contributed by atoms with Gasteiger partial charge in [-0.15, -0.1) is 0 Å². The highest BCUT2D eigenvalue weighted by Crippen LogP contribution is 2.20. The first-order chi connectivity index (χ1) is 7.69. The SMILES string of the molecule is CCCN(CC)CC(O)c1ccccc1N. The molecule has 0 aliphatic carbocycles. The van der Waals surface area contributed by atoms with Crippen molar-refractivity contribution in [3.63, 3.8) is 0 Å². The first-order valence-electron chi connectivity index (χ1n) is 5.93. The maximum absolute atomic E-state index is 10.1. The van der Waals surface area contributed by atoms with Crippen molar-refractivity contribution >= 4 is 5.69 Å². The smallest absolute Gasteiger partial charge is 0.0936 e. The molecule has 90 valence electrons. The van der Waals surface area contributed by atoms with Crippen LogP contribution in [-0.2, 0) is 0 Å². The van der Waals surface area contributed by atoms with Crippen LogP contribution in [0.3, 0.4) is 0 Å². The Morgan fingerprint density at radius 3 is 2.56 bits per heavy atom. The van der Waals surface area contributed by atoms with Crippen LogP contribution in [0.4, 0.5) is 5.69 Å². The van der Waals surface area contributed by atoms with Crippen LogP contribution in [0, 0.1) is 0 Å². The van der Waals surface area contributed by atoms with Crippen LogP contribution in [0.25, 0.3) is 0 Å². The van der Waals surface area contributed by atoms with Crippen molar-refractivity contribution in [2.45, 2.75) is 26.4 Å². The second-order valence-electron chi connectivity index (χ2n) is 4.04. The molecular formula is C13H22N2O. The van der Waals surface area contributed by atoms with Gasteiger partial charge in [-0.1, -0.05) is 32.0 Å². The minimum atomic E-state index is -0.493. The van der Waals surface area contributed by atoms with Crippen LogP contribution in [0.5, 0.6) is 0 Å². The number of nitrogens with zero attached hydrogens (tertiary/aromatic N) is 1. The zero-order valence-electron chi connectivity index (χ0n) is 10.2. The molecule has 1 rings (SSSR count). The first-order valence-corrected chi connectivity index (χ1v) is 5.93. The van der Waals surface area contributed by atoms with Gasteiger partial charge in [0.25, 0.3) is 0 Å². The molecule has 1 aromatic rings. The summed E-state index contributed by atoms with van der Waals surface area (Å²) in [5.41, 5.74) is 7.33. The fourth-order valence-corrected chi connectivity index (χ4v) is 1.85. The van der Waals surface area contributed by atoms with Gasteiger partial charge in [0.2, 0.25) is 0 Å². The van der Waals surface area contributed by atoms with Crippen LogP contribution in [-0.4, -0.2) is 29.6 Å². The number of nitrogen functional groups attached to an aromatic ring is 1. The Kier molecular flexibility index (Phi) is 5.29. The maximum Gasteiger partial charge on any atom is 0.0936 e. The van der Waals surface area contributed by atoms with Crippen LogP contribution in [0.2, 0.25) is 0 Å². The molecule has 0 spiro atoms. The van der Waals surface area contributed by atoms with E-state index in [9.17, 15) is 5.11 Å². The lowest BCUT2D eigenvalue weighted by atomic mass is 10.1. The lowest BCUT2D eigenvalue weighted by Gasteiger charge is -2.23. The average molecular weight is 222 g/mol. The number of anilines is 1. The van der Waals surface area contributed by atoms with E-state index in [2.05, 4.69) is 18.7 Å². The average Bonchev–Trinajstić information content (AvgIpc) is 2.28. The highest BCUT2D eigenvalue weighted by atomic mass is 16.3. The van der Waals surface area contributed by atoms with Crippen molar-refractivity contribution in [3.8, 4) is 0 Å². The van der Waals surface area contributed by atoms with Gasteiger partial charge in [-0.3, -0.25) is 0 Å². The van der Waals surface area contributed by atoms with E-state index < -0.39 is 6.10 Å². The normalized spacial score (nSPS) is 13.0. The van der Waals surface area contributed by atoms with E-state index in [1.807, 2.05) is 24.3 Å². The molecule has 0 heterocycles. The number of rotatable bonds is 6. The summed E-state index contributed by atoms with van der Waals surface area (Å²) in [6.07, 6.45) is 0.609. The Morgan fingerprint density at radius 1 is 1.31 bits per heavy atom. The molecule has 3 heteroatoms. The van der Waals surface area contributed by atoms with Crippen LogP contribution >= 0.6 is 0 Å². The number of nitrogens with two attached hydrogens (primary N) is 1. The molecule has 0 saturated heterocycles. The molecule has 0 bridgehead atoms. The molecule has 3 N–H and O–H groups in total. The molecule has 16 heavy (non-hydrogen) atoms. The Bertz CT molecular complexity index is 315. The van der Waals surface area contributed by atoms with E-state index >= 15 is 0 Å². The van der Waals surface area contributed by atoms with Crippen LogP contribution in [0.1, 0.15) is 31.9 Å². The Balaban J connectivity index is 2.64. The minimum Gasteiger partial charge on any atom is -0.398 e. The Labute approximate surface area is 97.9 Å². The monoisotopic (exact) mass is 222 g/mol. The van der Waals surface area contributed by atoms with Gasteiger partial charge in [0.15, 0.2) is 0 Å². The minimum absolute atomic E-state index is 0.493. The molecule has 1 atom stereocenters. The summed E-state index contributed by atoms with van der Waals surface area (Å²) < 4.78 is 0. The molecule has 0 fully saturated rings. The van der Waals surface area contributed by atoms with Crippen LogP contribution in [0.15, 0.2) is 24.3 Å². The van der Waals surface area contributed by atoms with Crippen molar-refractivity contribution in [2.75, 3.05) is 25.4 Å². The van der Waals surface area contributed by atoms with Crippen LogP contribution < -0.4 is 5.73 Å². The van der Waals surface area contributed by atoms with Gasteiger partial charge < -0.3 is 15.7 Å². The second-order valence-corrected chi connectivity index (χ2v) is 4.04. The molecule has 3 nitrogen and oxygen atoms in total. The van der Waals surface area contributed by atoms with Crippen molar-refractivity contribution in [1.29, 1.82) is 0 Å². The third-order valence-corrected chi connectivity index (χ3v) is 2.77. The number of aliphatic hydroxyl groups is 1. The number of para-hydroxylation sites is 1. The standard InChI is InChI=1S/C13H22N2O/c1-3-9-15(4-2)10-13(16)11-7-5-6-8-12(11)14/h5-8,13,16H,3-4,9-10,14H2,1-2H3. The van der Waals surface area contributed by atoms with Crippen molar-refractivity contribution in [2.24, 2.45) is 0 Å². The molecule has 1 aromatic carbocycles. The van der Waals surface area contributed by atoms with Gasteiger partial charge in [-0.25, -0.2) is 0 Å². The predicted octanol–water partition coefficient (Wildman–Crippen LogP) is 2.03. The van der Waals surface area contributed by atoms with E-state index in [1.54, 1.807) is 0 Å². The molecule has 0 aliphatic rings. The van der Waals surface area contributed by atoms with E-state index in [4.69, 9.17) is 5.73 Å². The summed E-state index contributed by atoms with van der Waals surface area (Å²) in [6.45, 7) is 6.87. The highest BCUT2D eigenvalue weighted by Gasteiger charge is 2.13. The Hall–Kier alpha value is -1.06. The lowest BCUT2D eigenvalue weighted by molar-refractivity contribution is 0.116. The molecule has 0 aromatic heterocycles. The topological polar surface area (TPSA) is 49.5 Å². The molecule has 1 unspecified atom stereocenters. The zero-order chi connectivity index (χ0) is 12.0. The van der Waals surface area contributed by atoms with E-state index in [0.29, 0.717) is 12.2 Å². The highest BCUT2D eigenvalue weighted by molar-refractivity contribution is 5.47. The quantitative estimate of drug-likeness (QED) is 0.724. The van der Waals surface area contributed by atoms with E-state index in [1.165, 1.54) is 0 Å². The van der Waals surface area contributed by atoms with Crippen molar-refractivity contribution in [3.05, 3.63) is 29.8 Å². The summed E-state index contributed by atoms with van der Waals surface area (Å²) in [5.74, 6) is 0. The van der Waals surface area contributed by atoms with Gasteiger partial charge >= 0.3 is 0 Å². The van der Waals surface area contributed by atoms with E-state index in [-0.39, 0.29) is 0 Å². The summed E-state index contributed by atoms with van der Waals surface area (Å²) in [5, 5.41) is 10.1. The maximum atomic E-state index is 10.1. The summed E-state index contributed by atoms with van der Waals surface area (Å²) >= 11 is 0. The second kappa shape index (κ2) is 6.51. The number of hydrogen-bond donors (Lipinski definition) is 2. The van der Waals surface area contributed by atoms with Gasteiger partial charge in [-0.2, -0.15) is 0 Å². The Morgan fingerprint density at radius 2 is 2.00 bits per heavy atom. The number of aliphatic hydroxyl groups excluding tert-OH is 1. The van der Waals surface area contributed by atoms with Gasteiger partial charge in [0.1, 0.15) is 0 Å². The lowest BCUT2D eigenvalue weighted by Crippen LogP contribution is -2.29. The molecule has 0 radical (unpaired) electrons. The molecular weight excluding hydrogens is 200 g/mol. The molecule has 0 saturated carbocycles. The summed E-state index contributed by atoms with van der Waals surface area (Å²) in [4.78, 5) is 2.23. The predicted molar refractivity (Wildman–Crippen MR) is 68.2 cm³/mol. The van der Waals surface area contributed by atoms with E-state index in [0.717, 1.165) is 25.1 Å². The fourth-order valence-electron chi connectivity index (χ4n) is 1.85. The third-order valence-electron chi connectivity index (χ3n) is 2.77. The number of likely N-dealkylation sites (N-methyl/N-ethyl adjacent to an activating group) is 1. The summed E-state index contributed by atoms with van der Waals surface area (Å²) in [6, 6.07) is 7.51. The number of benzene rings is 1. The fraction of sp³-hybridized carbons (Fsp3) is 0.538. The van der Waals surface area contributed by atoms with Gasteiger partial charge in [0.05, 0.1) is 6.10 Å². The molecule has 0 aliphatic heterocycles. The summed E-state index contributed by atoms with van der Waals surface area (Å²) in [7, 11) is 0. The third kappa shape index (κ3) is 3.51. The molecule has 0 amide bonds. The first kappa shape index (κ1) is 13.0. The van der Waals surface area contributed by atoms with Gasteiger partial charge in [-0.05, 0) is 25.6 Å². The van der Waals surface area contributed by atoms with Crippen molar-refractivity contribution < 1.29 is 5.11 Å². The van der Waals surface area contributed by atoms with Crippen molar-refractivity contribution in [1.82, 2.24) is 4.90 Å². The zero-order valence-corrected chi connectivity index (χ0v) is 10.2.